The van der Waals surface area contributed by atoms with Gasteiger partial charge in [0.25, 0.3) is 5.91 Å². The Balaban J connectivity index is 1.46. The summed E-state index contributed by atoms with van der Waals surface area (Å²) in [6.07, 6.45) is 1.66. The molecule has 4 rings (SSSR count). The second kappa shape index (κ2) is 8.83. The van der Waals surface area contributed by atoms with Crippen LogP contribution in [-0.2, 0) is 4.79 Å². The van der Waals surface area contributed by atoms with Crippen molar-refractivity contribution in [3.63, 3.8) is 0 Å². The summed E-state index contributed by atoms with van der Waals surface area (Å²) in [5.74, 6) is 0.500. The van der Waals surface area contributed by atoms with Gasteiger partial charge in [0, 0.05) is 50.9 Å². The number of aryl methyl sites for hydroxylation is 3. The zero-order valence-electron chi connectivity index (χ0n) is 19.0. The molecule has 2 aliphatic heterocycles. The van der Waals surface area contributed by atoms with Crippen molar-refractivity contribution in [1.82, 2.24) is 19.9 Å². The molecule has 0 spiro atoms. The second-order valence-electron chi connectivity index (χ2n) is 9.07. The van der Waals surface area contributed by atoms with Crippen LogP contribution in [0.5, 0.6) is 0 Å². The van der Waals surface area contributed by atoms with Gasteiger partial charge in [0.1, 0.15) is 0 Å². The zero-order valence-corrected chi connectivity index (χ0v) is 19.0. The molecule has 166 valence electrons. The van der Waals surface area contributed by atoms with E-state index in [2.05, 4.69) is 36.2 Å². The quantitative estimate of drug-likeness (QED) is 0.758. The molecule has 2 fully saturated rings. The van der Waals surface area contributed by atoms with Gasteiger partial charge in [0.15, 0.2) is 11.5 Å². The maximum Gasteiger partial charge on any atom is 0.276 e. The van der Waals surface area contributed by atoms with E-state index in [9.17, 15) is 9.59 Å². The molecule has 7 heteroatoms. The van der Waals surface area contributed by atoms with Gasteiger partial charge in [-0.15, -0.1) is 0 Å². The van der Waals surface area contributed by atoms with Crippen LogP contribution in [0.15, 0.2) is 22.7 Å². The molecular weight excluding hydrogens is 392 g/mol. The number of benzene rings is 1. The Morgan fingerprint density at radius 2 is 1.65 bits per heavy atom. The lowest BCUT2D eigenvalue weighted by molar-refractivity contribution is -0.138. The van der Waals surface area contributed by atoms with Gasteiger partial charge in [-0.2, -0.15) is 0 Å². The SMILES string of the molecule is Cc1cc(C)c(-c2cc(C(=O)N3CCC[C@@H](C(=O)N4CCN(C)CC4)C3)no2)c(C)c1. The first kappa shape index (κ1) is 21.6. The molecule has 7 nitrogen and oxygen atoms in total. The van der Waals surface area contributed by atoms with E-state index in [1.807, 2.05) is 18.7 Å². The Morgan fingerprint density at radius 1 is 0.968 bits per heavy atom. The van der Waals surface area contributed by atoms with E-state index >= 15 is 0 Å². The summed E-state index contributed by atoms with van der Waals surface area (Å²) in [4.78, 5) is 32.1. The van der Waals surface area contributed by atoms with Gasteiger partial charge in [-0.3, -0.25) is 9.59 Å². The van der Waals surface area contributed by atoms with Crippen molar-refractivity contribution in [3.05, 3.63) is 40.6 Å². The van der Waals surface area contributed by atoms with Gasteiger partial charge in [0.2, 0.25) is 5.91 Å². The molecule has 2 amide bonds. The van der Waals surface area contributed by atoms with E-state index in [0.29, 0.717) is 24.5 Å². The first-order valence-electron chi connectivity index (χ1n) is 11.1. The van der Waals surface area contributed by atoms with Gasteiger partial charge in [-0.25, -0.2) is 0 Å². The standard InChI is InChI=1S/C24H32N4O3/c1-16-12-17(2)22(18(3)13-16)21-14-20(25-31-21)24(30)28-7-5-6-19(15-28)23(29)27-10-8-26(4)9-11-27/h12-14,19H,5-11,15H2,1-4H3/t19-/m1/s1. The number of carbonyl (C=O) groups excluding carboxylic acids is 2. The predicted octanol–water partition coefficient (Wildman–Crippen LogP) is 2.89. The monoisotopic (exact) mass is 424 g/mol. The summed E-state index contributed by atoms with van der Waals surface area (Å²) >= 11 is 0. The fourth-order valence-corrected chi connectivity index (χ4v) is 4.87. The van der Waals surface area contributed by atoms with Crippen molar-refractivity contribution in [2.45, 2.75) is 33.6 Å². The van der Waals surface area contributed by atoms with E-state index in [1.54, 1.807) is 11.0 Å². The van der Waals surface area contributed by atoms with E-state index < -0.39 is 0 Å². The normalized spacial score (nSPS) is 20.2. The number of likely N-dealkylation sites (tertiary alicyclic amines) is 1. The van der Waals surface area contributed by atoms with Crippen LogP contribution in [0, 0.1) is 26.7 Å². The molecule has 0 bridgehead atoms. The molecule has 1 aromatic heterocycles. The van der Waals surface area contributed by atoms with Crippen LogP contribution in [-0.4, -0.2) is 78.0 Å². The largest absolute Gasteiger partial charge is 0.355 e. The number of piperidine rings is 1. The number of rotatable bonds is 3. The minimum atomic E-state index is -0.159. The Bertz CT molecular complexity index is 952. The summed E-state index contributed by atoms with van der Waals surface area (Å²) in [5.41, 5.74) is 4.69. The molecule has 0 saturated carbocycles. The maximum absolute atomic E-state index is 13.1. The Hall–Kier alpha value is -2.67. The number of piperazine rings is 1. The third kappa shape index (κ3) is 4.51. The topological polar surface area (TPSA) is 69.9 Å². The lowest BCUT2D eigenvalue weighted by Gasteiger charge is -2.37. The molecule has 2 aromatic rings. The van der Waals surface area contributed by atoms with Gasteiger partial charge < -0.3 is 19.2 Å². The summed E-state index contributed by atoms with van der Waals surface area (Å²) in [6.45, 7) is 10.6. The molecule has 31 heavy (non-hydrogen) atoms. The summed E-state index contributed by atoms with van der Waals surface area (Å²) in [6, 6.07) is 5.94. The average molecular weight is 425 g/mol. The van der Waals surface area contributed by atoms with Crippen molar-refractivity contribution < 1.29 is 14.1 Å². The number of amides is 2. The number of carbonyl (C=O) groups is 2. The number of hydrogen-bond donors (Lipinski definition) is 0. The smallest absolute Gasteiger partial charge is 0.276 e. The number of nitrogens with zero attached hydrogens (tertiary/aromatic N) is 4. The van der Waals surface area contributed by atoms with E-state index in [-0.39, 0.29) is 17.7 Å². The van der Waals surface area contributed by atoms with Crippen LogP contribution >= 0.6 is 0 Å². The van der Waals surface area contributed by atoms with Crippen molar-refractivity contribution in [2.24, 2.45) is 5.92 Å². The first-order chi connectivity index (χ1) is 14.8. The van der Waals surface area contributed by atoms with Gasteiger partial charge >= 0.3 is 0 Å². The molecule has 3 heterocycles. The molecule has 0 N–H and O–H groups in total. The lowest BCUT2D eigenvalue weighted by Crippen LogP contribution is -2.52. The average Bonchev–Trinajstić information content (AvgIpc) is 3.22. The molecule has 0 unspecified atom stereocenters. The molecular formula is C24H32N4O3. The van der Waals surface area contributed by atoms with Crippen LogP contribution in [0.2, 0.25) is 0 Å². The minimum absolute atomic E-state index is 0.130. The van der Waals surface area contributed by atoms with Crippen LogP contribution in [0.4, 0.5) is 0 Å². The fourth-order valence-electron chi connectivity index (χ4n) is 4.87. The van der Waals surface area contributed by atoms with Crippen molar-refractivity contribution in [2.75, 3.05) is 46.3 Å². The second-order valence-corrected chi connectivity index (χ2v) is 9.07. The van der Waals surface area contributed by atoms with Gasteiger partial charge in [-0.05, 0) is 51.8 Å². The number of aromatic nitrogens is 1. The fraction of sp³-hybridized carbons (Fsp3) is 0.542. The van der Waals surface area contributed by atoms with E-state index in [1.165, 1.54) is 5.56 Å². The van der Waals surface area contributed by atoms with Crippen molar-refractivity contribution in [1.29, 1.82) is 0 Å². The minimum Gasteiger partial charge on any atom is -0.355 e. The molecule has 1 atom stereocenters. The third-order valence-electron chi connectivity index (χ3n) is 6.53. The molecule has 0 radical (unpaired) electrons. The highest BCUT2D eigenvalue weighted by Crippen LogP contribution is 2.30. The lowest BCUT2D eigenvalue weighted by atomic mass is 9.95. The molecule has 2 saturated heterocycles. The number of likely N-dealkylation sites (N-methyl/N-ethyl adjacent to an activating group) is 1. The summed E-state index contributed by atoms with van der Waals surface area (Å²) in [7, 11) is 2.08. The van der Waals surface area contributed by atoms with Crippen LogP contribution in [0.3, 0.4) is 0 Å². The number of hydrogen-bond acceptors (Lipinski definition) is 5. The van der Waals surface area contributed by atoms with E-state index in [0.717, 1.165) is 55.7 Å². The molecule has 0 aliphatic carbocycles. The third-order valence-corrected chi connectivity index (χ3v) is 6.53. The summed E-state index contributed by atoms with van der Waals surface area (Å²) < 4.78 is 5.57. The Kier molecular flexibility index (Phi) is 6.14. The van der Waals surface area contributed by atoms with Gasteiger partial charge in [0.05, 0.1) is 5.92 Å². The Morgan fingerprint density at radius 3 is 2.32 bits per heavy atom. The molecule has 1 aromatic carbocycles. The van der Waals surface area contributed by atoms with Crippen LogP contribution in [0.25, 0.3) is 11.3 Å². The van der Waals surface area contributed by atoms with E-state index in [4.69, 9.17) is 4.52 Å². The maximum atomic E-state index is 13.1. The van der Waals surface area contributed by atoms with Crippen LogP contribution < -0.4 is 0 Å². The zero-order chi connectivity index (χ0) is 22.1. The van der Waals surface area contributed by atoms with Crippen molar-refractivity contribution >= 4 is 11.8 Å². The van der Waals surface area contributed by atoms with Gasteiger partial charge in [-0.1, -0.05) is 22.9 Å². The molecule has 2 aliphatic rings. The highest BCUT2D eigenvalue weighted by Gasteiger charge is 2.33. The Labute approximate surface area is 184 Å². The summed E-state index contributed by atoms with van der Waals surface area (Å²) in [5, 5.41) is 4.07. The highest BCUT2D eigenvalue weighted by molar-refractivity contribution is 5.94. The predicted molar refractivity (Wildman–Crippen MR) is 119 cm³/mol. The van der Waals surface area contributed by atoms with Crippen molar-refractivity contribution in [3.8, 4) is 11.3 Å². The van der Waals surface area contributed by atoms with Crippen LogP contribution in [0.1, 0.15) is 40.0 Å². The highest BCUT2D eigenvalue weighted by atomic mass is 16.5. The first-order valence-corrected chi connectivity index (χ1v) is 11.1.